The number of carbonyl (C=O) groups is 2. The van der Waals surface area contributed by atoms with Crippen molar-refractivity contribution in [1.29, 1.82) is 0 Å². The molecule has 1 aromatic carbocycles. The van der Waals surface area contributed by atoms with Crippen molar-refractivity contribution in [3.8, 4) is 0 Å². The second kappa shape index (κ2) is 6.78. The molecule has 0 atom stereocenters. The first-order chi connectivity index (χ1) is 10.4. The Morgan fingerprint density at radius 2 is 1.82 bits per heavy atom. The Balaban J connectivity index is 1.83. The third-order valence-corrected chi connectivity index (χ3v) is 3.06. The van der Waals surface area contributed by atoms with Crippen molar-refractivity contribution in [2.45, 2.75) is 12.6 Å². The van der Waals surface area contributed by atoms with E-state index in [1.807, 2.05) is 0 Å². The number of nitrogens with zero attached hydrogens (tertiary/aromatic N) is 2. The molecule has 1 aliphatic rings. The molecule has 3 amide bonds. The number of rotatable bonds is 6. The minimum absolute atomic E-state index is 0.0405. The van der Waals surface area contributed by atoms with Crippen molar-refractivity contribution >= 4 is 17.6 Å². The van der Waals surface area contributed by atoms with Gasteiger partial charge in [0.2, 0.25) is 0 Å². The standard InChI is InChI=1S/C14H15F3N2O3/c15-14(16,17)10-22-8-4-7-18-12(20)9-19(13(18)21)11-5-2-1-3-6-11/h1-3,5-6H,4,7-10H2. The number of imide groups is 1. The lowest BCUT2D eigenvalue weighted by Gasteiger charge is -2.17. The number of hydrogen-bond donors (Lipinski definition) is 0. The average molecular weight is 316 g/mol. The van der Waals surface area contributed by atoms with Gasteiger partial charge in [0.1, 0.15) is 13.2 Å². The maximum Gasteiger partial charge on any atom is 0.411 e. The molecule has 0 aliphatic carbocycles. The summed E-state index contributed by atoms with van der Waals surface area (Å²) < 4.78 is 40.1. The van der Waals surface area contributed by atoms with E-state index in [-0.39, 0.29) is 32.0 Å². The molecule has 1 aromatic rings. The van der Waals surface area contributed by atoms with E-state index in [1.165, 1.54) is 4.90 Å². The van der Waals surface area contributed by atoms with Crippen molar-refractivity contribution in [2.75, 3.05) is 31.2 Å². The molecular formula is C14H15F3N2O3. The maximum absolute atomic E-state index is 12.1. The third kappa shape index (κ3) is 4.20. The Bertz CT molecular complexity index is 534. The highest BCUT2D eigenvalue weighted by atomic mass is 19.4. The van der Waals surface area contributed by atoms with E-state index in [0.29, 0.717) is 5.69 Å². The number of anilines is 1. The molecule has 0 radical (unpaired) electrons. The summed E-state index contributed by atoms with van der Waals surface area (Å²) in [5.74, 6) is -0.371. The second-order valence-corrected chi connectivity index (χ2v) is 4.77. The van der Waals surface area contributed by atoms with Gasteiger partial charge in [0.05, 0.1) is 0 Å². The SMILES string of the molecule is O=C1CN(c2ccccc2)C(=O)N1CCCOCC(F)(F)F. The number of alkyl halides is 3. The molecular weight excluding hydrogens is 301 g/mol. The molecule has 0 spiro atoms. The lowest BCUT2D eigenvalue weighted by Crippen LogP contribution is -2.34. The van der Waals surface area contributed by atoms with Gasteiger partial charge in [-0.1, -0.05) is 18.2 Å². The Labute approximate surface area is 125 Å². The van der Waals surface area contributed by atoms with Crippen LogP contribution in [0.4, 0.5) is 23.7 Å². The van der Waals surface area contributed by atoms with Crippen LogP contribution in [-0.2, 0) is 9.53 Å². The maximum atomic E-state index is 12.1. The molecule has 1 heterocycles. The van der Waals surface area contributed by atoms with E-state index >= 15 is 0 Å². The molecule has 0 unspecified atom stereocenters. The second-order valence-electron chi connectivity index (χ2n) is 4.77. The number of halogens is 3. The normalized spacial score (nSPS) is 15.8. The van der Waals surface area contributed by atoms with Crippen LogP contribution in [0.2, 0.25) is 0 Å². The first-order valence-electron chi connectivity index (χ1n) is 6.70. The van der Waals surface area contributed by atoms with Gasteiger partial charge < -0.3 is 4.74 Å². The van der Waals surface area contributed by atoms with Gasteiger partial charge in [0.25, 0.3) is 5.91 Å². The molecule has 1 fully saturated rings. The molecule has 1 saturated heterocycles. The van der Waals surface area contributed by atoms with Crippen LogP contribution < -0.4 is 4.90 Å². The van der Waals surface area contributed by atoms with E-state index in [2.05, 4.69) is 4.74 Å². The summed E-state index contributed by atoms with van der Waals surface area (Å²) in [5, 5.41) is 0. The van der Waals surface area contributed by atoms with Crippen LogP contribution in [0.1, 0.15) is 6.42 Å². The van der Waals surface area contributed by atoms with E-state index in [9.17, 15) is 22.8 Å². The first kappa shape index (κ1) is 16.3. The van der Waals surface area contributed by atoms with Crippen LogP contribution in [0, 0.1) is 0 Å². The zero-order valence-electron chi connectivity index (χ0n) is 11.7. The number of benzene rings is 1. The Morgan fingerprint density at radius 3 is 2.45 bits per heavy atom. The van der Waals surface area contributed by atoms with Gasteiger partial charge in [-0.25, -0.2) is 4.79 Å². The highest BCUT2D eigenvalue weighted by molar-refractivity contribution is 6.12. The zero-order valence-corrected chi connectivity index (χ0v) is 11.7. The Kier molecular flexibility index (Phi) is 5.02. The lowest BCUT2D eigenvalue weighted by atomic mass is 10.3. The van der Waals surface area contributed by atoms with Crippen LogP contribution in [0.25, 0.3) is 0 Å². The van der Waals surface area contributed by atoms with E-state index < -0.39 is 18.8 Å². The Morgan fingerprint density at radius 1 is 1.14 bits per heavy atom. The van der Waals surface area contributed by atoms with Crippen LogP contribution in [0.15, 0.2) is 30.3 Å². The first-order valence-corrected chi connectivity index (χ1v) is 6.70. The zero-order chi connectivity index (χ0) is 16.2. The summed E-state index contributed by atoms with van der Waals surface area (Å²) in [6.45, 7) is -1.52. The van der Waals surface area contributed by atoms with E-state index in [4.69, 9.17) is 0 Å². The minimum Gasteiger partial charge on any atom is -0.372 e. The van der Waals surface area contributed by atoms with Gasteiger partial charge in [0.15, 0.2) is 0 Å². The molecule has 8 heteroatoms. The fraction of sp³-hybridized carbons (Fsp3) is 0.429. The number of carbonyl (C=O) groups excluding carboxylic acids is 2. The molecule has 5 nitrogen and oxygen atoms in total. The molecule has 1 aliphatic heterocycles. The van der Waals surface area contributed by atoms with Crippen LogP contribution in [0.3, 0.4) is 0 Å². The smallest absolute Gasteiger partial charge is 0.372 e. The lowest BCUT2D eigenvalue weighted by molar-refractivity contribution is -0.174. The van der Waals surface area contributed by atoms with Crippen LogP contribution >= 0.6 is 0 Å². The summed E-state index contributed by atoms with van der Waals surface area (Å²) in [4.78, 5) is 26.3. The highest BCUT2D eigenvalue weighted by Crippen LogP contribution is 2.20. The van der Waals surface area contributed by atoms with Crippen molar-refractivity contribution in [1.82, 2.24) is 4.90 Å². The molecule has 120 valence electrons. The quantitative estimate of drug-likeness (QED) is 0.598. The third-order valence-electron chi connectivity index (χ3n) is 3.06. The fourth-order valence-corrected chi connectivity index (χ4v) is 2.08. The Hall–Kier alpha value is -2.09. The van der Waals surface area contributed by atoms with Gasteiger partial charge >= 0.3 is 12.2 Å². The predicted molar refractivity (Wildman–Crippen MR) is 72.4 cm³/mol. The predicted octanol–water partition coefficient (Wildman–Crippen LogP) is 2.42. The van der Waals surface area contributed by atoms with Crippen molar-refractivity contribution in [3.63, 3.8) is 0 Å². The monoisotopic (exact) mass is 316 g/mol. The largest absolute Gasteiger partial charge is 0.411 e. The van der Waals surface area contributed by atoms with Crippen molar-refractivity contribution < 1.29 is 27.5 Å². The fourth-order valence-electron chi connectivity index (χ4n) is 2.08. The number of urea groups is 1. The summed E-state index contributed by atoms with van der Waals surface area (Å²) in [5.41, 5.74) is 0.608. The topological polar surface area (TPSA) is 49.9 Å². The van der Waals surface area contributed by atoms with Gasteiger partial charge in [-0.15, -0.1) is 0 Å². The molecule has 0 N–H and O–H groups in total. The van der Waals surface area contributed by atoms with Gasteiger partial charge in [-0.2, -0.15) is 13.2 Å². The summed E-state index contributed by atoms with van der Waals surface area (Å²) in [6.07, 6.45) is -4.21. The summed E-state index contributed by atoms with van der Waals surface area (Å²) in [6, 6.07) is 8.25. The van der Waals surface area contributed by atoms with Gasteiger partial charge in [-0.05, 0) is 18.6 Å². The summed E-state index contributed by atoms with van der Waals surface area (Å²) >= 11 is 0. The number of para-hydroxylation sites is 1. The van der Waals surface area contributed by atoms with Crippen LogP contribution in [-0.4, -0.2) is 49.3 Å². The molecule has 0 aromatic heterocycles. The average Bonchev–Trinajstić information content (AvgIpc) is 2.74. The minimum atomic E-state index is -4.37. The summed E-state index contributed by atoms with van der Waals surface area (Å²) in [7, 11) is 0. The van der Waals surface area contributed by atoms with Crippen molar-refractivity contribution in [2.24, 2.45) is 0 Å². The van der Waals surface area contributed by atoms with Gasteiger partial charge in [0, 0.05) is 18.8 Å². The van der Waals surface area contributed by atoms with E-state index in [0.717, 1.165) is 4.90 Å². The van der Waals surface area contributed by atoms with Crippen molar-refractivity contribution in [3.05, 3.63) is 30.3 Å². The van der Waals surface area contributed by atoms with E-state index in [1.54, 1.807) is 30.3 Å². The highest BCUT2D eigenvalue weighted by Gasteiger charge is 2.36. The number of amides is 3. The molecule has 22 heavy (non-hydrogen) atoms. The number of ether oxygens (including phenoxy) is 1. The molecule has 0 bridgehead atoms. The molecule has 2 rings (SSSR count). The molecule has 0 saturated carbocycles. The number of hydrogen-bond acceptors (Lipinski definition) is 3. The van der Waals surface area contributed by atoms with Gasteiger partial charge in [-0.3, -0.25) is 14.6 Å². The van der Waals surface area contributed by atoms with Crippen LogP contribution in [0.5, 0.6) is 0 Å².